The first-order valence-corrected chi connectivity index (χ1v) is 23.6. The Hall–Kier alpha value is -9.18. The molecule has 0 amide bonds. The van der Waals surface area contributed by atoms with Crippen molar-refractivity contribution in [2.45, 2.75) is 0 Å². The van der Waals surface area contributed by atoms with E-state index in [1.807, 2.05) is 12.1 Å². The minimum absolute atomic E-state index is 0.886. The molecule has 3 heteroatoms. The summed E-state index contributed by atoms with van der Waals surface area (Å²) >= 11 is 0. The second-order valence-corrected chi connectivity index (χ2v) is 17.7. The van der Waals surface area contributed by atoms with E-state index in [1.165, 1.54) is 55.2 Å². The van der Waals surface area contributed by atoms with Crippen LogP contribution in [-0.2, 0) is 0 Å². The number of rotatable bonds is 9. The first kappa shape index (κ1) is 40.1. The quantitative estimate of drug-likeness (QED) is 0.144. The minimum atomic E-state index is 0.886. The summed E-state index contributed by atoms with van der Waals surface area (Å²) in [6, 6.07) is 96.1. The lowest BCUT2D eigenvalue weighted by molar-refractivity contribution is 0.669. The molecule has 2 heterocycles. The van der Waals surface area contributed by atoms with Gasteiger partial charge in [-0.3, -0.25) is 0 Å². The molecule has 2 aromatic heterocycles. The largest absolute Gasteiger partial charge is 0.456 e. The van der Waals surface area contributed by atoms with E-state index in [2.05, 4.69) is 264 Å². The number of nitrogens with zero attached hydrogens (tertiary/aromatic N) is 2. The van der Waals surface area contributed by atoms with Crippen LogP contribution in [0.25, 0.3) is 105 Å². The van der Waals surface area contributed by atoms with E-state index in [-0.39, 0.29) is 0 Å². The maximum atomic E-state index is 6.34. The molecule has 0 bridgehead atoms. The van der Waals surface area contributed by atoms with E-state index in [1.54, 1.807) is 0 Å². The van der Waals surface area contributed by atoms with Crippen molar-refractivity contribution in [3.8, 4) is 61.3 Å². The van der Waals surface area contributed by atoms with Crippen LogP contribution in [0.5, 0.6) is 0 Å². The molecule has 13 rings (SSSR count). The molecule has 0 saturated heterocycles. The number of para-hydroxylation sites is 3. The van der Waals surface area contributed by atoms with E-state index in [4.69, 9.17) is 4.42 Å². The monoisotopic (exact) mass is 880 g/mol. The van der Waals surface area contributed by atoms with Gasteiger partial charge in [0.25, 0.3) is 0 Å². The molecule has 0 spiro atoms. The van der Waals surface area contributed by atoms with Crippen molar-refractivity contribution in [2.75, 3.05) is 4.90 Å². The number of furan rings is 1. The van der Waals surface area contributed by atoms with Gasteiger partial charge in [-0.05, 0) is 134 Å². The Bertz CT molecular complexity index is 3960. The van der Waals surface area contributed by atoms with Crippen LogP contribution in [0.1, 0.15) is 0 Å². The van der Waals surface area contributed by atoms with Gasteiger partial charge in [0.05, 0.1) is 11.0 Å². The van der Waals surface area contributed by atoms with Crippen LogP contribution in [0.3, 0.4) is 0 Å². The van der Waals surface area contributed by atoms with E-state index in [0.29, 0.717) is 0 Å². The molecule has 0 atom stereocenters. The van der Waals surface area contributed by atoms with E-state index in [0.717, 1.165) is 66.9 Å². The van der Waals surface area contributed by atoms with Crippen LogP contribution in [0.4, 0.5) is 17.1 Å². The van der Waals surface area contributed by atoms with Gasteiger partial charge in [0.15, 0.2) is 0 Å². The fraction of sp³-hybridized carbons (Fsp3) is 0. The van der Waals surface area contributed by atoms with Gasteiger partial charge in [0, 0.05) is 44.3 Å². The van der Waals surface area contributed by atoms with Gasteiger partial charge in [0.1, 0.15) is 11.2 Å². The predicted octanol–water partition coefficient (Wildman–Crippen LogP) is 18.5. The number of hydrogen-bond acceptors (Lipinski definition) is 2. The minimum Gasteiger partial charge on any atom is -0.456 e. The summed E-state index contributed by atoms with van der Waals surface area (Å²) in [5, 5.41) is 4.78. The Morgan fingerprint density at radius 3 is 1.41 bits per heavy atom. The van der Waals surface area contributed by atoms with Crippen molar-refractivity contribution in [1.82, 2.24) is 4.57 Å². The molecule has 3 nitrogen and oxygen atoms in total. The Balaban J connectivity index is 0.880. The smallest absolute Gasteiger partial charge is 0.136 e. The van der Waals surface area contributed by atoms with Crippen molar-refractivity contribution in [1.29, 1.82) is 0 Å². The predicted molar refractivity (Wildman–Crippen MR) is 290 cm³/mol. The topological polar surface area (TPSA) is 21.3 Å². The van der Waals surface area contributed by atoms with Crippen LogP contribution >= 0.6 is 0 Å². The zero-order chi connectivity index (χ0) is 45.7. The summed E-state index contributed by atoms with van der Waals surface area (Å²) in [4.78, 5) is 2.38. The zero-order valence-electron chi connectivity index (χ0n) is 37.7. The molecule has 0 aliphatic rings. The molecule has 0 aliphatic carbocycles. The Morgan fingerprint density at radius 2 is 0.739 bits per heavy atom. The van der Waals surface area contributed by atoms with Crippen LogP contribution in [0, 0.1) is 0 Å². The van der Waals surface area contributed by atoms with Crippen molar-refractivity contribution >= 4 is 60.8 Å². The van der Waals surface area contributed by atoms with Crippen molar-refractivity contribution in [3.63, 3.8) is 0 Å². The molecule has 0 N–H and O–H groups in total. The second kappa shape index (κ2) is 16.9. The SMILES string of the molecule is c1ccc(-c2ccccc2-c2cccc(N(c3ccc(-c4cccc(-c5ccc(-n6c7ccccc7c7ccccc76)cc5)c4)cc3)c3cccc(-c4cccc5oc6ccccc6c45)c3)c2)cc1. The summed E-state index contributed by atoms with van der Waals surface area (Å²) in [7, 11) is 0. The van der Waals surface area contributed by atoms with Crippen LogP contribution in [-0.4, -0.2) is 4.57 Å². The summed E-state index contributed by atoms with van der Waals surface area (Å²) in [6.07, 6.45) is 0. The zero-order valence-corrected chi connectivity index (χ0v) is 37.7. The van der Waals surface area contributed by atoms with Gasteiger partial charge in [-0.1, -0.05) is 188 Å². The highest BCUT2D eigenvalue weighted by molar-refractivity contribution is 6.13. The average Bonchev–Trinajstić information content (AvgIpc) is 3.98. The maximum absolute atomic E-state index is 6.34. The Labute approximate surface area is 401 Å². The molecule has 0 unspecified atom stereocenters. The van der Waals surface area contributed by atoms with Crippen molar-refractivity contribution in [3.05, 3.63) is 267 Å². The summed E-state index contributed by atoms with van der Waals surface area (Å²) < 4.78 is 8.71. The highest BCUT2D eigenvalue weighted by Crippen LogP contribution is 2.43. The standard InChI is InChI=1S/C66H44N2O/c1-2-16-47(17-3-1)56-24-4-5-25-57(56)50-20-13-22-54(43-50)67(55-23-14-21-51(44-55)58-29-15-33-65-66(58)61-28-8-11-32-64(61)69-65)52-38-34-45(35-39-52)48-18-12-19-49(42-48)46-36-40-53(41-37-46)68-62-30-9-6-26-59(62)60-27-7-10-31-63(60)68/h1-44H. The van der Waals surface area contributed by atoms with Gasteiger partial charge in [-0.25, -0.2) is 0 Å². The van der Waals surface area contributed by atoms with E-state index in [9.17, 15) is 0 Å². The normalized spacial score (nSPS) is 11.5. The van der Waals surface area contributed by atoms with Crippen LogP contribution < -0.4 is 4.90 Å². The van der Waals surface area contributed by atoms with Gasteiger partial charge in [0.2, 0.25) is 0 Å². The lowest BCUT2D eigenvalue weighted by atomic mass is 9.94. The molecule has 69 heavy (non-hydrogen) atoms. The van der Waals surface area contributed by atoms with Gasteiger partial charge >= 0.3 is 0 Å². The molecule has 324 valence electrons. The van der Waals surface area contributed by atoms with Crippen LogP contribution in [0.15, 0.2) is 271 Å². The number of benzene rings is 11. The number of aromatic nitrogens is 1. The fourth-order valence-corrected chi connectivity index (χ4v) is 10.4. The molecule has 0 saturated carbocycles. The lowest BCUT2D eigenvalue weighted by Gasteiger charge is -2.27. The third-order valence-electron chi connectivity index (χ3n) is 13.6. The summed E-state index contributed by atoms with van der Waals surface area (Å²) in [6.45, 7) is 0. The summed E-state index contributed by atoms with van der Waals surface area (Å²) in [5.41, 5.74) is 20.2. The molecular formula is C66H44N2O. The third-order valence-corrected chi connectivity index (χ3v) is 13.6. The maximum Gasteiger partial charge on any atom is 0.136 e. The average molecular weight is 881 g/mol. The molecule has 0 radical (unpaired) electrons. The summed E-state index contributed by atoms with van der Waals surface area (Å²) in [5.74, 6) is 0. The molecule has 11 aromatic carbocycles. The van der Waals surface area contributed by atoms with E-state index < -0.39 is 0 Å². The number of anilines is 3. The Morgan fingerprint density at radius 1 is 0.275 bits per heavy atom. The first-order chi connectivity index (χ1) is 34.2. The number of hydrogen-bond donors (Lipinski definition) is 0. The molecule has 0 fully saturated rings. The highest BCUT2D eigenvalue weighted by atomic mass is 16.3. The van der Waals surface area contributed by atoms with Gasteiger partial charge in [-0.15, -0.1) is 0 Å². The molecule has 13 aromatic rings. The first-order valence-electron chi connectivity index (χ1n) is 23.6. The van der Waals surface area contributed by atoms with Crippen LogP contribution in [0.2, 0.25) is 0 Å². The van der Waals surface area contributed by atoms with E-state index >= 15 is 0 Å². The van der Waals surface area contributed by atoms with Crippen molar-refractivity contribution < 1.29 is 4.42 Å². The highest BCUT2D eigenvalue weighted by Gasteiger charge is 2.19. The fourth-order valence-electron chi connectivity index (χ4n) is 10.4. The van der Waals surface area contributed by atoms with Crippen molar-refractivity contribution in [2.24, 2.45) is 0 Å². The number of fused-ring (bicyclic) bond motifs is 6. The molecular weight excluding hydrogens is 837 g/mol. The molecule has 0 aliphatic heterocycles. The Kier molecular flexibility index (Phi) is 9.84. The van der Waals surface area contributed by atoms with Gasteiger partial charge < -0.3 is 13.9 Å². The lowest BCUT2D eigenvalue weighted by Crippen LogP contribution is -2.10. The third kappa shape index (κ3) is 7.16. The second-order valence-electron chi connectivity index (χ2n) is 17.7. The van der Waals surface area contributed by atoms with Gasteiger partial charge in [-0.2, -0.15) is 0 Å².